The van der Waals surface area contributed by atoms with E-state index in [0.29, 0.717) is 33.0 Å². The minimum atomic E-state index is -0.489. The van der Waals surface area contributed by atoms with E-state index in [1.54, 1.807) is 36.4 Å². The number of carbonyl (C=O) groups excluding carboxylic acids is 2. The first-order chi connectivity index (χ1) is 15.3. The molecule has 12 heteroatoms. The first-order valence-corrected chi connectivity index (χ1v) is 9.95. The van der Waals surface area contributed by atoms with Crippen molar-refractivity contribution in [3.63, 3.8) is 0 Å². The molecular formula is C20H19Cl2N7O3. The van der Waals surface area contributed by atoms with Crippen LogP contribution in [0.2, 0.25) is 10.0 Å². The quantitative estimate of drug-likeness (QED) is 0.311. The Labute approximate surface area is 193 Å². The van der Waals surface area contributed by atoms with Crippen molar-refractivity contribution in [2.45, 2.75) is 6.92 Å². The van der Waals surface area contributed by atoms with Gasteiger partial charge in [0, 0.05) is 23.3 Å². The average Bonchev–Trinajstić information content (AvgIpc) is 2.74. The third-order valence-electron chi connectivity index (χ3n) is 3.92. The molecule has 0 spiro atoms. The molecule has 1 aromatic heterocycles. The SMILES string of the molecule is CC(=O)Nc1ccc(Nc2ncnc(NNC(=O)COc3ccc(Cl)cc3Cl)c2N)cc1. The molecule has 0 atom stereocenters. The highest BCUT2D eigenvalue weighted by Gasteiger charge is 2.11. The van der Waals surface area contributed by atoms with Gasteiger partial charge in [0.2, 0.25) is 5.91 Å². The minimum absolute atomic E-state index is 0.162. The Balaban J connectivity index is 1.56. The third kappa shape index (κ3) is 6.37. The number of amides is 2. The van der Waals surface area contributed by atoms with Crippen LogP contribution in [0.5, 0.6) is 5.75 Å². The Kier molecular flexibility index (Phi) is 7.53. The molecule has 0 saturated carbocycles. The van der Waals surface area contributed by atoms with E-state index in [0.717, 1.165) is 0 Å². The van der Waals surface area contributed by atoms with Gasteiger partial charge >= 0.3 is 0 Å². The van der Waals surface area contributed by atoms with E-state index in [4.69, 9.17) is 33.7 Å². The van der Waals surface area contributed by atoms with Crippen LogP contribution in [0.15, 0.2) is 48.8 Å². The topological polar surface area (TPSA) is 143 Å². The molecule has 1 heterocycles. The van der Waals surface area contributed by atoms with E-state index in [1.807, 2.05) is 0 Å². The van der Waals surface area contributed by atoms with Crippen LogP contribution in [0, 0.1) is 0 Å². The van der Waals surface area contributed by atoms with E-state index in [-0.39, 0.29) is 24.0 Å². The number of carbonyl (C=O) groups is 2. The predicted molar refractivity (Wildman–Crippen MR) is 124 cm³/mol. The number of nitrogens with zero attached hydrogens (tertiary/aromatic N) is 2. The summed E-state index contributed by atoms with van der Waals surface area (Å²) in [5.74, 6) is 0.189. The van der Waals surface area contributed by atoms with Gasteiger partial charge in [-0.15, -0.1) is 0 Å². The van der Waals surface area contributed by atoms with Crippen molar-refractivity contribution in [3.05, 3.63) is 58.8 Å². The molecule has 0 bridgehead atoms. The molecule has 3 rings (SSSR count). The van der Waals surface area contributed by atoms with Crippen LogP contribution in [0.1, 0.15) is 6.92 Å². The lowest BCUT2D eigenvalue weighted by atomic mass is 10.2. The number of hydrogen-bond donors (Lipinski definition) is 5. The number of hydrazine groups is 1. The van der Waals surface area contributed by atoms with Gasteiger partial charge < -0.3 is 21.1 Å². The monoisotopic (exact) mass is 475 g/mol. The van der Waals surface area contributed by atoms with Gasteiger partial charge in [0.25, 0.3) is 5.91 Å². The van der Waals surface area contributed by atoms with Crippen molar-refractivity contribution >= 4 is 63.7 Å². The Bertz CT molecular complexity index is 1130. The highest BCUT2D eigenvalue weighted by atomic mass is 35.5. The molecule has 10 nitrogen and oxygen atoms in total. The Morgan fingerprint density at radius 1 is 1.03 bits per heavy atom. The fourth-order valence-corrected chi connectivity index (χ4v) is 2.94. The van der Waals surface area contributed by atoms with Crippen LogP contribution in [-0.2, 0) is 9.59 Å². The summed E-state index contributed by atoms with van der Waals surface area (Å²) in [6, 6.07) is 11.6. The summed E-state index contributed by atoms with van der Waals surface area (Å²) >= 11 is 11.8. The fraction of sp³-hybridized carbons (Fsp3) is 0.100. The Morgan fingerprint density at radius 2 is 1.72 bits per heavy atom. The van der Waals surface area contributed by atoms with Gasteiger partial charge in [-0.25, -0.2) is 9.97 Å². The molecule has 0 aliphatic heterocycles. The second kappa shape index (κ2) is 10.5. The molecule has 0 aliphatic rings. The second-order valence-electron chi connectivity index (χ2n) is 6.40. The van der Waals surface area contributed by atoms with E-state index in [9.17, 15) is 9.59 Å². The number of nitrogens with two attached hydrogens (primary N) is 1. The first-order valence-electron chi connectivity index (χ1n) is 9.19. The molecule has 2 aromatic carbocycles. The zero-order chi connectivity index (χ0) is 23.1. The number of rotatable bonds is 8. The molecule has 2 amide bonds. The van der Waals surface area contributed by atoms with Gasteiger partial charge in [0.15, 0.2) is 18.2 Å². The molecule has 6 N–H and O–H groups in total. The predicted octanol–water partition coefficient (Wildman–Crippen LogP) is 3.59. The molecule has 32 heavy (non-hydrogen) atoms. The number of benzene rings is 2. The number of anilines is 5. The van der Waals surface area contributed by atoms with Gasteiger partial charge in [0.05, 0.1) is 5.02 Å². The fourth-order valence-electron chi connectivity index (χ4n) is 2.47. The zero-order valence-corrected chi connectivity index (χ0v) is 18.3. The molecule has 166 valence electrons. The van der Waals surface area contributed by atoms with Crippen molar-refractivity contribution in [2.75, 3.05) is 28.4 Å². The van der Waals surface area contributed by atoms with Crippen molar-refractivity contribution in [2.24, 2.45) is 0 Å². The molecule has 0 aliphatic carbocycles. The largest absolute Gasteiger partial charge is 0.482 e. The van der Waals surface area contributed by atoms with Crippen LogP contribution in [0.25, 0.3) is 0 Å². The number of aromatic nitrogens is 2. The van der Waals surface area contributed by atoms with Gasteiger partial charge in [0.1, 0.15) is 17.8 Å². The maximum Gasteiger partial charge on any atom is 0.276 e. The van der Waals surface area contributed by atoms with Gasteiger partial charge in [-0.05, 0) is 42.5 Å². The summed E-state index contributed by atoms with van der Waals surface area (Å²) < 4.78 is 5.36. The van der Waals surface area contributed by atoms with Crippen LogP contribution >= 0.6 is 23.2 Å². The van der Waals surface area contributed by atoms with Crippen molar-refractivity contribution in [1.29, 1.82) is 0 Å². The first kappa shape index (κ1) is 22.9. The van der Waals surface area contributed by atoms with Crippen LogP contribution in [0.4, 0.5) is 28.7 Å². The summed E-state index contributed by atoms with van der Waals surface area (Å²) in [4.78, 5) is 31.3. The van der Waals surface area contributed by atoms with E-state index < -0.39 is 5.91 Å². The Morgan fingerprint density at radius 3 is 2.41 bits per heavy atom. The van der Waals surface area contributed by atoms with Crippen LogP contribution < -0.4 is 32.0 Å². The number of nitrogens with one attached hydrogen (secondary N) is 4. The van der Waals surface area contributed by atoms with Crippen LogP contribution in [-0.4, -0.2) is 28.4 Å². The maximum absolute atomic E-state index is 12.1. The van der Waals surface area contributed by atoms with Crippen molar-refractivity contribution in [3.8, 4) is 5.75 Å². The standard InChI is InChI=1S/C20H19Cl2N7O3/c1-11(30)26-13-3-5-14(6-4-13)27-19-18(23)20(25-10-24-19)29-28-17(31)9-32-16-7-2-12(21)8-15(16)22/h2-8,10H,9,23H2,1H3,(H,26,30)(H,28,31)(H2,24,25,27,29). The van der Waals surface area contributed by atoms with E-state index in [2.05, 4.69) is 31.5 Å². The normalized spacial score (nSPS) is 10.2. The molecule has 0 unspecified atom stereocenters. The number of halogens is 2. The number of hydrogen-bond acceptors (Lipinski definition) is 8. The molecule has 0 radical (unpaired) electrons. The molecule has 0 saturated heterocycles. The summed E-state index contributed by atoms with van der Waals surface area (Å²) in [6.45, 7) is 1.13. The lowest BCUT2D eigenvalue weighted by Gasteiger charge is -2.14. The summed E-state index contributed by atoms with van der Waals surface area (Å²) in [6.07, 6.45) is 1.28. The maximum atomic E-state index is 12.1. The van der Waals surface area contributed by atoms with E-state index >= 15 is 0 Å². The minimum Gasteiger partial charge on any atom is -0.482 e. The smallest absolute Gasteiger partial charge is 0.276 e. The molecule has 3 aromatic rings. The van der Waals surface area contributed by atoms with E-state index in [1.165, 1.54) is 19.3 Å². The lowest BCUT2D eigenvalue weighted by Crippen LogP contribution is -2.34. The Hall–Kier alpha value is -3.76. The molecule has 0 fully saturated rings. The number of nitrogen functional groups attached to an aromatic ring is 1. The summed E-state index contributed by atoms with van der Waals surface area (Å²) in [5, 5.41) is 6.48. The van der Waals surface area contributed by atoms with Gasteiger partial charge in [-0.2, -0.15) is 0 Å². The number of ether oxygens (including phenoxy) is 1. The highest BCUT2D eigenvalue weighted by molar-refractivity contribution is 6.35. The average molecular weight is 476 g/mol. The van der Waals surface area contributed by atoms with Crippen LogP contribution in [0.3, 0.4) is 0 Å². The van der Waals surface area contributed by atoms with Gasteiger partial charge in [-0.1, -0.05) is 23.2 Å². The summed E-state index contributed by atoms with van der Waals surface area (Å²) in [5.41, 5.74) is 12.7. The summed E-state index contributed by atoms with van der Waals surface area (Å²) in [7, 11) is 0. The van der Waals surface area contributed by atoms with Gasteiger partial charge in [-0.3, -0.25) is 20.4 Å². The van der Waals surface area contributed by atoms with Crippen molar-refractivity contribution in [1.82, 2.24) is 15.4 Å². The third-order valence-corrected chi connectivity index (χ3v) is 4.46. The lowest BCUT2D eigenvalue weighted by molar-refractivity contribution is -0.122. The second-order valence-corrected chi connectivity index (χ2v) is 7.25. The van der Waals surface area contributed by atoms with Crippen molar-refractivity contribution < 1.29 is 14.3 Å². The zero-order valence-electron chi connectivity index (χ0n) is 16.8. The molecular weight excluding hydrogens is 457 g/mol. The highest BCUT2D eigenvalue weighted by Crippen LogP contribution is 2.28.